The summed E-state index contributed by atoms with van der Waals surface area (Å²) in [6.07, 6.45) is -4.58. The normalized spacial score (nSPS) is 11.4. The largest absolute Gasteiger partial charge is 0.495 e. The number of carboxylic acid groups (broad SMARTS) is 1. The number of ether oxygens (including phenoxy) is 1. The molecule has 0 saturated heterocycles. The van der Waals surface area contributed by atoms with Crippen LogP contribution in [0.2, 0.25) is 0 Å². The summed E-state index contributed by atoms with van der Waals surface area (Å²) >= 11 is 0.842. The molecule has 0 aliphatic rings. The number of rotatable bonds is 5. The van der Waals surface area contributed by atoms with Crippen LogP contribution < -0.4 is 9.46 Å². The van der Waals surface area contributed by atoms with Gasteiger partial charge in [-0.1, -0.05) is 18.1 Å². The van der Waals surface area contributed by atoms with Gasteiger partial charge in [0.05, 0.1) is 23.9 Å². The number of aromatic nitrogens is 1. The fourth-order valence-corrected chi connectivity index (χ4v) is 4.51. The Balaban J connectivity index is 1.87. The number of carboxylic acids is 1. The summed E-state index contributed by atoms with van der Waals surface area (Å²) in [7, 11) is -2.95. The highest BCUT2D eigenvalue weighted by molar-refractivity contribution is 7.92. The van der Waals surface area contributed by atoms with Crippen LogP contribution in [-0.4, -0.2) is 31.6 Å². The van der Waals surface area contributed by atoms with Gasteiger partial charge >= 0.3 is 12.1 Å². The minimum absolute atomic E-state index is 0.00413. The number of benzene rings is 2. The quantitative estimate of drug-likeness (QED) is 0.531. The molecule has 0 bridgehead atoms. The Bertz CT molecular complexity index is 1340. The summed E-state index contributed by atoms with van der Waals surface area (Å²) < 4.78 is 71.7. The monoisotopic (exact) mass is 482 g/mol. The molecule has 0 atom stereocenters. The average Bonchev–Trinajstić information content (AvgIpc) is 3.22. The van der Waals surface area contributed by atoms with E-state index in [9.17, 15) is 26.4 Å². The van der Waals surface area contributed by atoms with Crippen LogP contribution in [0.15, 0.2) is 52.9 Å². The van der Waals surface area contributed by atoms with E-state index in [1.807, 2.05) is 0 Å². The summed E-state index contributed by atoms with van der Waals surface area (Å²) in [4.78, 5) is 14.9. The lowest BCUT2D eigenvalue weighted by molar-refractivity contribution is -0.137. The Kier molecular flexibility index (Phi) is 6.42. The van der Waals surface area contributed by atoms with Crippen LogP contribution in [0.3, 0.4) is 0 Å². The van der Waals surface area contributed by atoms with E-state index in [1.54, 1.807) is 0 Å². The van der Waals surface area contributed by atoms with Crippen molar-refractivity contribution in [3.63, 3.8) is 0 Å². The van der Waals surface area contributed by atoms with Crippen molar-refractivity contribution in [3.05, 3.63) is 69.5 Å². The molecule has 0 amide bonds. The SMILES string of the molecule is COc1cc(C(=O)O)ccc1NS(=O)(=O)c1csc(C#Cc2ccccc2C(F)(F)F)n1. The summed E-state index contributed by atoms with van der Waals surface area (Å²) in [6, 6.07) is 8.31. The third-order valence-corrected chi connectivity index (χ3v) is 6.14. The van der Waals surface area contributed by atoms with E-state index in [-0.39, 0.29) is 27.6 Å². The topological polar surface area (TPSA) is 106 Å². The average molecular weight is 482 g/mol. The van der Waals surface area contributed by atoms with E-state index in [0.29, 0.717) is 0 Å². The summed E-state index contributed by atoms with van der Waals surface area (Å²) in [6.45, 7) is 0. The number of hydrogen-bond acceptors (Lipinski definition) is 6. The van der Waals surface area contributed by atoms with Gasteiger partial charge in [0, 0.05) is 10.9 Å². The maximum atomic E-state index is 13.1. The van der Waals surface area contributed by atoms with Gasteiger partial charge in [-0.2, -0.15) is 21.6 Å². The lowest BCUT2D eigenvalue weighted by Crippen LogP contribution is -2.14. The summed E-state index contributed by atoms with van der Waals surface area (Å²) in [5.41, 5.74) is -1.29. The number of anilines is 1. The molecule has 0 aliphatic heterocycles. The number of aromatic carboxylic acids is 1. The summed E-state index contributed by atoms with van der Waals surface area (Å²) in [5.74, 6) is 3.58. The number of halogens is 3. The first-order valence-electron chi connectivity index (χ1n) is 8.59. The fourth-order valence-electron chi connectivity index (χ4n) is 2.51. The lowest BCUT2D eigenvalue weighted by Gasteiger charge is -2.11. The second-order valence-electron chi connectivity index (χ2n) is 6.11. The van der Waals surface area contributed by atoms with Crippen LogP contribution in [0, 0.1) is 11.8 Å². The number of nitrogens with one attached hydrogen (secondary N) is 1. The molecule has 0 saturated carbocycles. The van der Waals surface area contributed by atoms with Crippen LogP contribution >= 0.6 is 11.3 Å². The van der Waals surface area contributed by atoms with Crippen molar-refractivity contribution >= 4 is 33.0 Å². The molecule has 0 spiro atoms. The second kappa shape index (κ2) is 8.89. The fraction of sp³-hybridized carbons (Fsp3) is 0.100. The number of carbonyl (C=O) groups is 1. The molecule has 0 radical (unpaired) electrons. The molecule has 1 heterocycles. The standard InChI is InChI=1S/C20H13F3N2O5S2/c1-30-16-10-13(19(26)27)6-8-15(16)25-32(28,29)18-11-31-17(24-18)9-7-12-4-2-3-5-14(12)20(21,22)23/h2-6,8,10-11,25H,1H3,(H,26,27). The molecule has 2 aromatic carbocycles. The number of sulfonamides is 1. The molecule has 0 fully saturated rings. The van der Waals surface area contributed by atoms with E-state index in [2.05, 4.69) is 21.5 Å². The number of thiazole rings is 1. The molecule has 3 aromatic rings. The Morgan fingerprint density at radius 3 is 2.56 bits per heavy atom. The van der Waals surface area contributed by atoms with E-state index < -0.39 is 32.8 Å². The Hall–Kier alpha value is -3.56. The maximum Gasteiger partial charge on any atom is 0.417 e. The minimum Gasteiger partial charge on any atom is -0.495 e. The van der Waals surface area contributed by atoms with Crippen molar-refractivity contribution in [1.29, 1.82) is 0 Å². The first-order valence-corrected chi connectivity index (χ1v) is 11.0. The van der Waals surface area contributed by atoms with Crippen molar-refractivity contribution in [2.24, 2.45) is 0 Å². The summed E-state index contributed by atoms with van der Waals surface area (Å²) in [5, 5.41) is 9.80. The first kappa shape index (κ1) is 23.1. The molecule has 32 heavy (non-hydrogen) atoms. The van der Waals surface area contributed by atoms with E-state index >= 15 is 0 Å². The van der Waals surface area contributed by atoms with Gasteiger partial charge in [0.15, 0.2) is 10.0 Å². The molecule has 7 nitrogen and oxygen atoms in total. The zero-order valence-corrected chi connectivity index (χ0v) is 17.7. The van der Waals surface area contributed by atoms with Gasteiger partial charge in [-0.3, -0.25) is 4.72 Å². The zero-order valence-electron chi connectivity index (χ0n) is 16.1. The molecule has 0 unspecified atom stereocenters. The zero-order chi connectivity index (χ0) is 23.5. The highest BCUT2D eigenvalue weighted by atomic mass is 32.2. The van der Waals surface area contributed by atoms with Crippen LogP contribution in [0.5, 0.6) is 5.75 Å². The van der Waals surface area contributed by atoms with Gasteiger partial charge in [-0.15, -0.1) is 11.3 Å². The van der Waals surface area contributed by atoms with Gasteiger partial charge in [-0.05, 0) is 36.3 Å². The Labute approximate surface area is 184 Å². The van der Waals surface area contributed by atoms with Gasteiger partial charge in [-0.25, -0.2) is 9.78 Å². The third kappa shape index (κ3) is 5.19. The Morgan fingerprint density at radius 2 is 1.91 bits per heavy atom. The van der Waals surface area contributed by atoms with Crippen molar-refractivity contribution in [3.8, 4) is 17.6 Å². The predicted octanol–water partition coefficient (Wildman–Crippen LogP) is 4.07. The molecular weight excluding hydrogens is 469 g/mol. The Morgan fingerprint density at radius 1 is 1.19 bits per heavy atom. The molecule has 2 N–H and O–H groups in total. The number of methoxy groups -OCH3 is 1. The molecule has 166 valence electrons. The lowest BCUT2D eigenvalue weighted by atomic mass is 10.1. The molecule has 1 aromatic heterocycles. The molecule has 12 heteroatoms. The van der Waals surface area contributed by atoms with Crippen molar-refractivity contribution in [2.45, 2.75) is 11.2 Å². The van der Waals surface area contributed by atoms with Gasteiger partial charge in [0.1, 0.15) is 5.75 Å². The molecular formula is C20H13F3N2O5S2. The molecule has 0 aliphatic carbocycles. The minimum atomic E-state index is -4.58. The predicted molar refractivity (Wildman–Crippen MR) is 110 cm³/mol. The number of hydrogen-bond donors (Lipinski definition) is 2. The van der Waals surface area contributed by atoms with Crippen LogP contribution in [-0.2, 0) is 16.2 Å². The van der Waals surface area contributed by atoms with Gasteiger partial charge < -0.3 is 9.84 Å². The second-order valence-corrected chi connectivity index (χ2v) is 8.60. The van der Waals surface area contributed by atoms with Crippen molar-refractivity contribution < 1.29 is 36.2 Å². The number of alkyl halides is 3. The van der Waals surface area contributed by atoms with Gasteiger partial charge in [0.2, 0.25) is 0 Å². The smallest absolute Gasteiger partial charge is 0.417 e. The van der Waals surface area contributed by atoms with Crippen LogP contribution in [0.4, 0.5) is 18.9 Å². The van der Waals surface area contributed by atoms with E-state index in [1.165, 1.54) is 42.8 Å². The molecule has 3 rings (SSSR count). The number of nitrogens with zero attached hydrogens (tertiary/aromatic N) is 1. The van der Waals surface area contributed by atoms with E-state index in [0.717, 1.165) is 23.5 Å². The van der Waals surface area contributed by atoms with Crippen molar-refractivity contribution in [2.75, 3.05) is 11.8 Å². The van der Waals surface area contributed by atoms with Gasteiger partial charge in [0.25, 0.3) is 10.0 Å². The van der Waals surface area contributed by atoms with E-state index in [4.69, 9.17) is 9.84 Å². The maximum absolute atomic E-state index is 13.1. The highest BCUT2D eigenvalue weighted by Crippen LogP contribution is 2.31. The van der Waals surface area contributed by atoms with Crippen molar-refractivity contribution in [1.82, 2.24) is 4.98 Å². The van der Waals surface area contributed by atoms with Crippen LogP contribution in [0.25, 0.3) is 0 Å². The van der Waals surface area contributed by atoms with Crippen LogP contribution in [0.1, 0.15) is 26.5 Å². The third-order valence-electron chi connectivity index (χ3n) is 3.99. The highest BCUT2D eigenvalue weighted by Gasteiger charge is 2.32. The first-order chi connectivity index (χ1) is 15.0.